The molecule has 3 rings (SSSR count). The molecule has 0 radical (unpaired) electrons. The van der Waals surface area contributed by atoms with E-state index in [0.29, 0.717) is 6.54 Å². The third kappa shape index (κ3) is 2.27. The normalized spacial score (nSPS) is 15.6. The maximum atomic E-state index is 11.7. The molecule has 0 bridgehead atoms. The highest BCUT2D eigenvalue weighted by molar-refractivity contribution is 9.10. The summed E-state index contributed by atoms with van der Waals surface area (Å²) in [6, 6.07) is 3.90. The van der Waals surface area contributed by atoms with Gasteiger partial charge in [-0.05, 0) is 40.9 Å². The number of nitrogens with one attached hydrogen (secondary N) is 1. The minimum atomic E-state index is 0.166. The van der Waals surface area contributed by atoms with E-state index in [1.807, 2.05) is 28.9 Å². The van der Waals surface area contributed by atoms with Crippen molar-refractivity contribution in [3.8, 4) is 0 Å². The summed E-state index contributed by atoms with van der Waals surface area (Å²) in [6.07, 6.45) is 7.15. The van der Waals surface area contributed by atoms with Gasteiger partial charge in [0.25, 0.3) is 0 Å². The Morgan fingerprint density at radius 3 is 3.00 bits per heavy atom. The molecule has 1 amide bonds. The van der Waals surface area contributed by atoms with Crippen LogP contribution >= 0.6 is 15.9 Å². The average Bonchev–Trinajstić information content (AvgIpc) is 2.65. The van der Waals surface area contributed by atoms with Crippen molar-refractivity contribution in [1.82, 2.24) is 14.7 Å². The number of amides is 1. The molecular formula is C13H14BrN3O. The Kier molecular flexibility index (Phi) is 3.07. The first kappa shape index (κ1) is 11.7. The lowest BCUT2D eigenvalue weighted by Crippen LogP contribution is -2.34. The molecule has 1 saturated carbocycles. The van der Waals surface area contributed by atoms with Crippen LogP contribution in [-0.4, -0.2) is 15.3 Å². The van der Waals surface area contributed by atoms with Crippen molar-refractivity contribution >= 4 is 27.5 Å². The number of halogens is 1. The zero-order valence-corrected chi connectivity index (χ0v) is 11.5. The highest BCUT2D eigenvalue weighted by Gasteiger charge is 2.24. The zero-order valence-electron chi connectivity index (χ0n) is 9.90. The van der Waals surface area contributed by atoms with Crippen LogP contribution < -0.4 is 5.32 Å². The number of pyridine rings is 1. The molecule has 2 aromatic rings. The van der Waals surface area contributed by atoms with Crippen LogP contribution in [0.1, 0.15) is 25.0 Å². The Bertz CT molecular complexity index is 589. The number of hydrogen-bond acceptors (Lipinski definition) is 2. The van der Waals surface area contributed by atoms with Gasteiger partial charge in [-0.25, -0.2) is 4.98 Å². The predicted molar refractivity (Wildman–Crippen MR) is 72.1 cm³/mol. The van der Waals surface area contributed by atoms with E-state index < -0.39 is 0 Å². The smallest absolute Gasteiger partial charge is 0.223 e. The van der Waals surface area contributed by atoms with Crippen LogP contribution in [0.15, 0.2) is 29.0 Å². The van der Waals surface area contributed by atoms with Gasteiger partial charge in [0.2, 0.25) is 5.91 Å². The second-order valence-corrected chi connectivity index (χ2v) is 5.61. The summed E-state index contributed by atoms with van der Waals surface area (Å²) in [6.45, 7) is 0.509. The lowest BCUT2D eigenvalue weighted by atomic mass is 9.85. The van der Waals surface area contributed by atoms with E-state index >= 15 is 0 Å². The first-order valence-corrected chi connectivity index (χ1v) is 6.92. The summed E-state index contributed by atoms with van der Waals surface area (Å²) < 4.78 is 2.96. The largest absolute Gasteiger partial charge is 0.350 e. The molecule has 1 fully saturated rings. The fourth-order valence-electron chi connectivity index (χ4n) is 2.09. The monoisotopic (exact) mass is 307 g/mol. The topological polar surface area (TPSA) is 46.4 Å². The summed E-state index contributed by atoms with van der Waals surface area (Å²) in [4.78, 5) is 16.2. The molecule has 5 heteroatoms. The summed E-state index contributed by atoms with van der Waals surface area (Å²) in [5, 5.41) is 2.95. The van der Waals surface area contributed by atoms with Gasteiger partial charge in [-0.15, -0.1) is 0 Å². The average molecular weight is 308 g/mol. The van der Waals surface area contributed by atoms with Gasteiger partial charge >= 0.3 is 0 Å². The minimum Gasteiger partial charge on any atom is -0.350 e. The number of fused-ring (bicyclic) bond motifs is 1. The quantitative estimate of drug-likeness (QED) is 0.947. The number of aromatic nitrogens is 2. The van der Waals surface area contributed by atoms with Crippen LogP contribution in [-0.2, 0) is 11.3 Å². The summed E-state index contributed by atoms with van der Waals surface area (Å²) in [5.74, 6) is 0.399. The van der Waals surface area contributed by atoms with E-state index in [9.17, 15) is 4.79 Å². The van der Waals surface area contributed by atoms with Crippen molar-refractivity contribution in [2.24, 2.45) is 5.92 Å². The molecule has 0 aliphatic heterocycles. The predicted octanol–water partition coefficient (Wildman–Crippen LogP) is 2.51. The Hall–Kier alpha value is -1.36. The third-order valence-corrected chi connectivity index (χ3v) is 3.85. The van der Waals surface area contributed by atoms with Crippen LogP contribution in [0.4, 0.5) is 0 Å². The Labute approximate surface area is 114 Å². The zero-order chi connectivity index (χ0) is 12.5. The Morgan fingerprint density at radius 2 is 2.28 bits per heavy atom. The molecule has 18 heavy (non-hydrogen) atoms. The Balaban J connectivity index is 1.68. The number of rotatable bonds is 3. The van der Waals surface area contributed by atoms with Gasteiger partial charge in [0.1, 0.15) is 5.65 Å². The van der Waals surface area contributed by atoms with Crippen molar-refractivity contribution in [2.45, 2.75) is 25.8 Å². The molecule has 0 aromatic carbocycles. The number of carbonyl (C=O) groups excluding carboxylic acids is 1. The van der Waals surface area contributed by atoms with Gasteiger partial charge in [0, 0.05) is 22.8 Å². The van der Waals surface area contributed by atoms with Gasteiger partial charge in [0.05, 0.1) is 12.2 Å². The molecule has 0 atom stereocenters. The number of carbonyl (C=O) groups is 1. The van der Waals surface area contributed by atoms with Gasteiger partial charge in [-0.1, -0.05) is 6.42 Å². The van der Waals surface area contributed by atoms with Crippen LogP contribution in [0, 0.1) is 5.92 Å². The fourth-order valence-corrected chi connectivity index (χ4v) is 2.45. The van der Waals surface area contributed by atoms with Crippen molar-refractivity contribution in [3.63, 3.8) is 0 Å². The summed E-state index contributed by atoms with van der Waals surface area (Å²) in [7, 11) is 0. The Morgan fingerprint density at radius 1 is 1.44 bits per heavy atom. The highest BCUT2D eigenvalue weighted by atomic mass is 79.9. The molecule has 1 N–H and O–H groups in total. The maximum absolute atomic E-state index is 11.7. The fraction of sp³-hybridized carbons (Fsp3) is 0.385. The van der Waals surface area contributed by atoms with Crippen LogP contribution in [0.3, 0.4) is 0 Å². The molecule has 0 unspecified atom stereocenters. The number of imidazole rings is 1. The molecule has 2 heterocycles. The molecule has 4 nitrogen and oxygen atoms in total. The SMILES string of the molecule is O=C(NCc1cn2cc(Br)ccc2n1)C1CCC1. The molecule has 2 aromatic heterocycles. The standard InChI is InChI=1S/C13H14BrN3O/c14-10-4-5-12-16-11(8-17(12)7-10)6-15-13(18)9-2-1-3-9/h4-5,7-9H,1-3,6H2,(H,15,18). The minimum absolute atomic E-state index is 0.166. The van der Waals surface area contributed by atoms with Crippen LogP contribution in [0.5, 0.6) is 0 Å². The van der Waals surface area contributed by atoms with Crippen LogP contribution in [0.25, 0.3) is 5.65 Å². The third-order valence-electron chi connectivity index (χ3n) is 3.38. The first-order chi connectivity index (χ1) is 8.72. The van der Waals surface area contributed by atoms with Crippen molar-refractivity contribution in [1.29, 1.82) is 0 Å². The molecule has 1 aliphatic rings. The molecule has 0 spiro atoms. The van der Waals surface area contributed by atoms with Crippen molar-refractivity contribution in [2.75, 3.05) is 0 Å². The molecule has 0 saturated heterocycles. The summed E-state index contributed by atoms with van der Waals surface area (Å²) >= 11 is 3.42. The van der Waals surface area contributed by atoms with Gasteiger partial charge in [-0.3, -0.25) is 4.79 Å². The number of nitrogens with zero attached hydrogens (tertiary/aromatic N) is 2. The first-order valence-electron chi connectivity index (χ1n) is 6.13. The second kappa shape index (κ2) is 4.72. The highest BCUT2D eigenvalue weighted by Crippen LogP contribution is 2.26. The van der Waals surface area contributed by atoms with E-state index in [0.717, 1.165) is 28.7 Å². The molecule has 94 valence electrons. The summed E-state index contributed by atoms with van der Waals surface area (Å²) in [5.41, 5.74) is 1.78. The molecular weight excluding hydrogens is 294 g/mol. The van der Waals surface area contributed by atoms with Gasteiger partial charge in [-0.2, -0.15) is 0 Å². The second-order valence-electron chi connectivity index (χ2n) is 4.69. The van der Waals surface area contributed by atoms with E-state index in [-0.39, 0.29) is 11.8 Å². The van der Waals surface area contributed by atoms with Crippen molar-refractivity contribution < 1.29 is 4.79 Å². The maximum Gasteiger partial charge on any atom is 0.223 e. The molecule has 1 aliphatic carbocycles. The van der Waals surface area contributed by atoms with Crippen molar-refractivity contribution in [3.05, 3.63) is 34.7 Å². The van der Waals surface area contributed by atoms with E-state index in [4.69, 9.17) is 0 Å². The van der Waals surface area contributed by atoms with E-state index in [1.54, 1.807) is 0 Å². The number of hydrogen-bond donors (Lipinski definition) is 1. The van der Waals surface area contributed by atoms with Gasteiger partial charge in [0.15, 0.2) is 0 Å². The van der Waals surface area contributed by atoms with Crippen LogP contribution in [0.2, 0.25) is 0 Å². The lowest BCUT2D eigenvalue weighted by molar-refractivity contribution is -0.127. The van der Waals surface area contributed by atoms with E-state index in [1.165, 1.54) is 6.42 Å². The van der Waals surface area contributed by atoms with Gasteiger partial charge < -0.3 is 9.72 Å². The lowest BCUT2D eigenvalue weighted by Gasteiger charge is -2.23. The van der Waals surface area contributed by atoms with E-state index in [2.05, 4.69) is 26.2 Å².